The highest BCUT2D eigenvalue weighted by Gasteiger charge is 2.25. The zero-order valence-corrected chi connectivity index (χ0v) is 16.3. The van der Waals surface area contributed by atoms with Gasteiger partial charge in [0, 0.05) is 42.4 Å². The smallest absolute Gasteiger partial charge is 0.162 e. The van der Waals surface area contributed by atoms with Crippen LogP contribution in [0.5, 0.6) is 11.5 Å². The summed E-state index contributed by atoms with van der Waals surface area (Å²) >= 11 is -2.15. The molecule has 144 valence electrons. The molecule has 27 heavy (non-hydrogen) atoms. The second kappa shape index (κ2) is 7.06. The van der Waals surface area contributed by atoms with Crippen LogP contribution in [0.15, 0.2) is 18.3 Å². The van der Waals surface area contributed by atoms with Gasteiger partial charge in [0.05, 0.1) is 31.4 Å². The number of imidazole rings is 1. The lowest BCUT2D eigenvalue weighted by molar-refractivity contribution is 0.356. The summed E-state index contributed by atoms with van der Waals surface area (Å²) in [4.78, 5) is 9.16. The summed E-state index contributed by atoms with van der Waals surface area (Å²) < 4.78 is 36.9. The van der Waals surface area contributed by atoms with Crippen molar-refractivity contribution in [2.24, 2.45) is 5.92 Å². The van der Waals surface area contributed by atoms with E-state index >= 15 is 0 Å². The lowest BCUT2D eigenvalue weighted by Crippen LogP contribution is -2.24. The van der Waals surface area contributed by atoms with Gasteiger partial charge in [0.15, 0.2) is 11.5 Å². The van der Waals surface area contributed by atoms with Crippen molar-refractivity contribution in [1.29, 1.82) is 0 Å². The number of ether oxygens (including phenoxy) is 2. The number of rotatable bonds is 5. The van der Waals surface area contributed by atoms with Gasteiger partial charge < -0.3 is 18.6 Å². The van der Waals surface area contributed by atoms with Gasteiger partial charge in [-0.2, -0.15) is 0 Å². The minimum absolute atomic E-state index is 0.252. The van der Waals surface area contributed by atoms with Crippen molar-refractivity contribution in [2.45, 2.75) is 19.9 Å². The average Bonchev–Trinajstić information content (AvgIpc) is 3.26. The molecule has 0 amide bonds. The van der Waals surface area contributed by atoms with Gasteiger partial charge in [-0.25, -0.2) is 9.29 Å². The van der Waals surface area contributed by atoms with Crippen LogP contribution < -0.4 is 9.47 Å². The third kappa shape index (κ3) is 3.15. The maximum absolute atomic E-state index is 11.2. The molecule has 9 heteroatoms. The molecule has 1 aliphatic rings. The molecule has 1 fully saturated rings. The molecule has 8 nitrogen and oxygen atoms in total. The number of aryl methyl sites for hydroxylation is 1. The molecule has 0 saturated carbocycles. The Morgan fingerprint density at radius 3 is 2.67 bits per heavy atom. The standard InChI is InChI=1S/C18H22N4O4S/c1-11-20-15-8-19-14-7-17(26-3)16(25-2)6-13(14)18(15)22(11)10-12-4-5-21(9-12)27(23)24/h6-8,12H,4-5,9-10H2,1-3H3,(H,23,24)/p-1. The van der Waals surface area contributed by atoms with E-state index in [1.807, 2.05) is 19.1 Å². The molecule has 1 aliphatic heterocycles. The van der Waals surface area contributed by atoms with Crippen LogP contribution in [0.3, 0.4) is 0 Å². The second-order valence-electron chi connectivity index (χ2n) is 6.75. The topological polar surface area (TPSA) is 92.5 Å². The molecule has 0 radical (unpaired) electrons. The first kappa shape index (κ1) is 18.1. The molecule has 0 spiro atoms. The highest BCUT2D eigenvalue weighted by Crippen LogP contribution is 2.35. The number of fused-ring (bicyclic) bond motifs is 3. The Bertz CT molecular complexity index is 1040. The van der Waals surface area contributed by atoms with E-state index in [4.69, 9.17) is 9.47 Å². The maximum atomic E-state index is 11.2. The van der Waals surface area contributed by atoms with E-state index in [9.17, 15) is 8.76 Å². The normalized spacial score (nSPS) is 19.0. The highest BCUT2D eigenvalue weighted by atomic mass is 32.2. The predicted octanol–water partition coefficient (Wildman–Crippen LogP) is 2.03. The van der Waals surface area contributed by atoms with Gasteiger partial charge in [0.2, 0.25) is 0 Å². The van der Waals surface area contributed by atoms with E-state index in [0.29, 0.717) is 31.1 Å². The van der Waals surface area contributed by atoms with Crippen molar-refractivity contribution in [3.8, 4) is 11.5 Å². The van der Waals surface area contributed by atoms with Crippen LogP contribution in [-0.4, -0.2) is 54.9 Å². The summed E-state index contributed by atoms with van der Waals surface area (Å²) in [5, 5.41) is 0.938. The van der Waals surface area contributed by atoms with Gasteiger partial charge in [-0.3, -0.25) is 9.19 Å². The number of methoxy groups -OCH3 is 2. The lowest BCUT2D eigenvalue weighted by Gasteiger charge is -2.19. The van der Waals surface area contributed by atoms with Gasteiger partial charge in [-0.05, 0) is 25.3 Å². The van der Waals surface area contributed by atoms with Crippen LogP contribution in [0.1, 0.15) is 12.2 Å². The second-order valence-corrected chi connectivity index (χ2v) is 7.70. The first-order valence-corrected chi connectivity index (χ1v) is 9.77. The van der Waals surface area contributed by atoms with Crippen LogP contribution in [0.4, 0.5) is 0 Å². The summed E-state index contributed by atoms with van der Waals surface area (Å²) in [6, 6.07) is 3.78. The van der Waals surface area contributed by atoms with Crippen molar-refractivity contribution >= 4 is 33.2 Å². The fourth-order valence-electron chi connectivity index (χ4n) is 3.82. The molecule has 1 saturated heterocycles. The molecular formula is C18H21N4O4S-. The Balaban J connectivity index is 1.81. The Morgan fingerprint density at radius 2 is 2.00 bits per heavy atom. The van der Waals surface area contributed by atoms with Crippen LogP contribution in [-0.2, 0) is 17.8 Å². The number of benzene rings is 1. The molecule has 3 aromatic rings. The van der Waals surface area contributed by atoms with E-state index < -0.39 is 11.3 Å². The monoisotopic (exact) mass is 389 g/mol. The number of pyridine rings is 1. The zero-order valence-electron chi connectivity index (χ0n) is 15.5. The summed E-state index contributed by atoms with van der Waals surface area (Å²) in [5.41, 5.74) is 2.60. The molecule has 0 bridgehead atoms. The number of hydrogen-bond donors (Lipinski definition) is 0. The largest absolute Gasteiger partial charge is 0.760 e. The Labute approximate surface area is 159 Å². The summed E-state index contributed by atoms with van der Waals surface area (Å²) in [5.74, 6) is 2.40. The first-order chi connectivity index (χ1) is 13.0. The van der Waals surface area contributed by atoms with Crippen LogP contribution in [0.25, 0.3) is 21.9 Å². The maximum Gasteiger partial charge on any atom is 0.162 e. The fraction of sp³-hybridized carbons (Fsp3) is 0.444. The number of aromatic nitrogens is 3. The van der Waals surface area contributed by atoms with Gasteiger partial charge in [-0.1, -0.05) is 0 Å². The van der Waals surface area contributed by atoms with Crippen LogP contribution in [0.2, 0.25) is 0 Å². The molecule has 0 N–H and O–H groups in total. The minimum Gasteiger partial charge on any atom is -0.760 e. The zero-order chi connectivity index (χ0) is 19.1. The van der Waals surface area contributed by atoms with Crippen LogP contribution >= 0.6 is 0 Å². The Hall–Kier alpha value is -2.23. The van der Waals surface area contributed by atoms with E-state index in [0.717, 1.165) is 34.2 Å². The molecule has 0 aliphatic carbocycles. The minimum atomic E-state index is -2.15. The molecule has 4 rings (SSSR count). The molecule has 2 aromatic heterocycles. The fourth-order valence-corrected chi connectivity index (χ4v) is 4.41. The van der Waals surface area contributed by atoms with Gasteiger partial charge in [0.25, 0.3) is 0 Å². The van der Waals surface area contributed by atoms with E-state index in [1.165, 1.54) is 4.31 Å². The molecule has 2 atom stereocenters. The quantitative estimate of drug-likeness (QED) is 0.620. The summed E-state index contributed by atoms with van der Waals surface area (Å²) in [6.07, 6.45) is 2.61. The van der Waals surface area contributed by atoms with E-state index in [-0.39, 0.29) is 5.92 Å². The van der Waals surface area contributed by atoms with Crippen molar-refractivity contribution < 1.29 is 18.2 Å². The van der Waals surface area contributed by atoms with Crippen molar-refractivity contribution in [1.82, 2.24) is 18.8 Å². The Kier molecular flexibility index (Phi) is 4.75. The third-order valence-corrected chi connectivity index (χ3v) is 5.92. The van der Waals surface area contributed by atoms with Crippen LogP contribution in [0, 0.1) is 12.8 Å². The van der Waals surface area contributed by atoms with Crippen molar-refractivity contribution in [3.63, 3.8) is 0 Å². The lowest BCUT2D eigenvalue weighted by atomic mass is 10.1. The SMILES string of the molecule is COc1cc2ncc3nc(C)n(CC4CCN(S(=O)[O-])C4)c3c2cc1OC. The molecule has 2 unspecified atom stereocenters. The highest BCUT2D eigenvalue weighted by molar-refractivity contribution is 7.76. The number of hydrogen-bond acceptors (Lipinski definition) is 6. The van der Waals surface area contributed by atoms with Gasteiger partial charge in [0.1, 0.15) is 11.3 Å². The van der Waals surface area contributed by atoms with E-state index in [1.54, 1.807) is 20.4 Å². The predicted molar refractivity (Wildman–Crippen MR) is 101 cm³/mol. The van der Waals surface area contributed by atoms with Crippen molar-refractivity contribution in [2.75, 3.05) is 27.3 Å². The van der Waals surface area contributed by atoms with Gasteiger partial charge in [-0.15, -0.1) is 0 Å². The van der Waals surface area contributed by atoms with Crippen molar-refractivity contribution in [3.05, 3.63) is 24.2 Å². The molecular weight excluding hydrogens is 368 g/mol. The summed E-state index contributed by atoms with van der Waals surface area (Å²) in [7, 11) is 3.21. The summed E-state index contributed by atoms with van der Waals surface area (Å²) in [6.45, 7) is 3.78. The molecule has 3 heterocycles. The molecule has 1 aromatic carbocycles. The average molecular weight is 389 g/mol. The third-order valence-electron chi connectivity index (χ3n) is 5.17. The Morgan fingerprint density at radius 1 is 1.26 bits per heavy atom. The van der Waals surface area contributed by atoms with Gasteiger partial charge >= 0.3 is 0 Å². The number of nitrogens with zero attached hydrogens (tertiary/aromatic N) is 4. The first-order valence-electron chi connectivity index (χ1n) is 8.73. The van der Waals surface area contributed by atoms with E-state index in [2.05, 4.69) is 14.5 Å².